The van der Waals surface area contributed by atoms with Crippen molar-refractivity contribution in [3.8, 4) is 0 Å². The average Bonchev–Trinajstić information content (AvgIpc) is 2.88. The molecule has 4 nitrogen and oxygen atoms in total. The molecule has 0 aromatic rings. The SMILES string of the molecule is Cl.O=C(CCC1CCOC1)NCC1CCCNC1. The fourth-order valence-electron chi connectivity index (χ4n) is 2.59. The Morgan fingerprint density at radius 1 is 1.33 bits per heavy atom. The topological polar surface area (TPSA) is 50.4 Å². The molecule has 0 aromatic carbocycles. The summed E-state index contributed by atoms with van der Waals surface area (Å²) in [5, 5.41) is 6.42. The van der Waals surface area contributed by atoms with E-state index in [4.69, 9.17) is 4.74 Å². The molecule has 2 rings (SSSR count). The summed E-state index contributed by atoms with van der Waals surface area (Å²) in [6.07, 6.45) is 5.24. The first-order chi connectivity index (χ1) is 8.34. The van der Waals surface area contributed by atoms with Gasteiger partial charge in [0.25, 0.3) is 0 Å². The van der Waals surface area contributed by atoms with Crippen LogP contribution in [0.1, 0.15) is 32.1 Å². The zero-order valence-corrected chi connectivity index (χ0v) is 11.8. The monoisotopic (exact) mass is 276 g/mol. The van der Waals surface area contributed by atoms with Gasteiger partial charge < -0.3 is 15.4 Å². The fraction of sp³-hybridized carbons (Fsp3) is 0.923. The Hall–Kier alpha value is -0.320. The lowest BCUT2D eigenvalue weighted by atomic mass is 9.99. The van der Waals surface area contributed by atoms with Crippen LogP contribution in [0.2, 0.25) is 0 Å². The van der Waals surface area contributed by atoms with E-state index in [-0.39, 0.29) is 18.3 Å². The van der Waals surface area contributed by atoms with Gasteiger partial charge in [0.05, 0.1) is 0 Å². The minimum Gasteiger partial charge on any atom is -0.381 e. The summed E-state index contributed by atoms with van der Waals surface area (Å²) < 4.78 is 5.30. The van der Waals surface area contributed by atoms with Crippen LogP contribution in [0.15, 0.2) is 0 Å². The zero-order chi connectivity index (χ0) is 11.9. The molecular formula is C13H25ClN2O2. The van der Waals surface area contributed by atoms with Gasteiger partial charge in [0.2, 0.25) is 5.91 Å². The lowest BCUT2D eigenvalue weighted by molar-refractivity contribution is -0.121. The number of rotatable bonds is 5. The van der Waals surface area contributed by atoms with Gasteiger partial charge in [-0.25, -0.2) is 0 Å². The van der Waals surface area contributed by atoms with Crippen LogP contribution in [-0.4, -0.2) is 38.8 Å². The van der Waals surface area contributed by atoms with Crippen LogP contribution < -0.4 is 10.6 Å². The minimum absolute atomic E-state index is 0. The van der Waals surface area contributed by atoms with Gasteiger partial charge in [0, 0.05) is 26.2 Å². The van der Waals surface area contributed by atoms with Crippen molar-refractivity contribution in [1.82, 2.24) is 10.6 Å². The van der Waals surface area contributed by atoms with E-state index >= 15 is 0 Å². The molecule has 1 amide bonds. The summed E-state index contributed by atoms with van der Waals surface area (Å²) >= 11 is 0. The number of amides is 1. The third-order valence-corrected chi connectivity index (χ3v) is 3.79. The lowest BCUT2D eigenvalue weighted by Crippen LogP contribution is -2.38. The molecule has 0 aromatic heterocycles. The maximum Gasteiger partial charge on any atom is 0.220 e. The summed E-state index contributed by atoms with van der Waals surface area (Å²) in [4.78, 5) is 11.7. The molecule has 2 N–H and O–H groups in total. The highest BCUT2D eigenvalue weighted by atomic mass is 35.5. The molecule has 2 saturated heterocycles. The highest BCUT2D eigenvalue weighted by Gasteiger charge is 2.17. The third-order valence-electron chi connectivity index (χ3n) is 3.79. The van der Waals surface area contributed by atoms with E-state index in [1.54, 1.807) is 0 Å². The maximum atomic E-state index is 11.7. The fourth-order valence-corrected chi connectivity index (χ4v) is 2.59. The molecule has 2 aliphatic rings. The van der Waals surface area contributed by atoms with Crippen LogP contribution in [0.4, 0.5) is 0 Å². The quantitative estimate of drug-likeness (QED) is 0.797. The lowest BCUT2D eigenvalue weighted by Gasteiger charge is -2.22. The molecule has 2 aliphatic heterocycles. The van der Waals surface area contributed by atoms with E-state index in [2.05, 4.69) is 10.6 Å². The Bertz CT molecular complexity index is 239. The molecule has 18 heavy (non-hydrogen) atoms. The first-order valence-electron chi connectivity index (χ1n) is 6.90. The number of hydrogen-bond donors (Lipinski definition) is 2. The molecule has 0 bridgehead atoms. The van der Waals surface area contributed by atoms with Gasteiger partial charge >= 0.3 is 0 Å². The number of halogens is 1. The smallest absolute Gasteiger partial charge is 0.220 e. The van der Waals surface area contributed by atoms with Crippen molar-refractivity contribution in [3.63, 3.8) is 0 Å². The number of hydrogen-bond acceptors (Lipinski definition) is 3. The second kappa shape index (κ2) is 8.73. The molecular weight excluding hydrogens is 252 g/mol. The zero-order valence-electron chi connectivity index (χ0n) is 11.0. The van der Waals surface area contributed by atoms with Gasteiger partial charge in [-0.2, -0.15) is 0 Å². The normalized spacial score (nSPS) is 27.6. The Kier molecular flexibility index (Phi) is 7.63. The molecule has 106 valence electrons. The Morgan fingerprint density at radius 2 is 2.22 bits per heavy atom. The Balaban J connectivity index is 0.00000162. The molecule has 2 unspecified atom stereocenters. The maximum absolute atomic E-state index is 11.7. The molecule has 5 heteroatoms. The average molecular weight is 277 g/mol. The van der Waals surface area contributed by atoms with E-state index in [1.165, 1.54) is 12.8 Å². The molecule has 2 fully saturated rings. The van der Waals surface area contributed by atoms with Crippen LogP contribution in [0.25, 0.3) is 0 Å². The molecule has 2 atom stereocenters. The second-order valence-electron chi connectivity index (χ2n) is 5.28. The Morgan fingerprint density at radius 3 is 2.89 bits per heavy atom. The van der Waals surface area contributed by atoms with Crippen molar-refractivity contribution in [2.24, 2.45) is 11.8 Å². The predicted octanol–water partition coefficient (Wildman–Crippen LogP) is 1.34. The number of ether oxygens (including phenoxy) is 1. The number of carbonyl (C=O) groups excluding carboxylic acids is 1. The highest BCUT2D eigenvalue weighted by Crippen LogP contribution is 2.17. The highest BCUT2D eigenvalue weighted by molar-refractivity contribution is 5.85. The van der Waals surface area contributed by atoms with Crippen LogP contribution >= 0.6 is 12.4 Å². The first kappa shape index (κ1) is 15.7. The summed E-state index contributed by atoms with van der Waals surface area (Å²) in [6.45, 7) is 4.75. The Labute approximate surface area is 116 Å². The largest absolute Gasteiger partial charge is 0.381 e. The van der Waals surface area contributed by atoms with Gasteiger partial charge in [0.1, 0.15) is 0 Å². The van der Waals surface area contributed by atoms with Crippen molar-refractivity contribution in [2.45, 2.75) is 32.1 Å². The predicted molar refractivity (Wildman–Crippen MR) is 74.0 cm³/mol. The number of carbonyl (C=O) groups is 1. The molecule has 0 radical (unpaired) electrons. The van der Waals surface area contributed by atoms with E-state index in [9.17, 15) is 4.79 Å². The van der Waals surface area contributed by atoms with Crippen molar-refractivity contribution < 1.29 is 9.53 Å². The van der Waals surface area contributed by atoms with Crippen LogP contribution in [0.3, 0.4) is 0 Å². The number of nitrogens with one attached hydrogen (secondary N) is 2. The van der Waals surface area contributed by atoms with Gasteiger partial charge in [-0.15, -0.1) is 12.4 Å². The van der Waals surface area contributed by atoms with E-state index in [0.29, 0.717) is 18.3 Å². The van der Waals surface area contributed by atoms with Crippen LogP contribution in [0.5, 0.6) is 0 Å². The first-order valence-corrected chi connectivity index (χ1v) is 6.90. The van der Waals surface area contributed by atoms with Crippen molar-refractivity contribution in [2.75, 3.05) is 32.8 Å². The van der Waals surface area contributed by atoms with Crippen molar-refractivity contribution in [1.29, 1.82) is 0 Å². The summed E-state index contributed by atoms with van der Waals surface area (Å²) in [5.41, 5.74) is 0. The van der Waals surface area contributed by atoms with Crippen molar-refractivity contribution >= 4 is 18.3 Å². The van der Waals surface area contributed by atoms with Crippen molar-refractivity contribution in [3.05, 3.63) is 0 Å². The van der Waals surface area contributed by atoms with E-state index in [1.807, 2.05) is 0 Å². The third kappa shape index (κ3) is 5.55. The van der Waals surface area contributed by atoms with Gasteiger partial charge in [-0.05, 0) is 50.6 Å². The van der Waals surface area contributed by atoms with Crippen LogP contribution in [0, 0.1) is 11.8 Å². The molecule has 2 heterocycles. The van der Waals surface area contributed by atoms with E-state index < -0.39 is 0 Å². The standard InChI is InChI=1S/C13H24N2O2.ClH/c16-13(4-3-11-5-7-17-10-11)15-9-12-2-1-6-14-8-12;/h11-12,14H,1-10H2,(H,15,16);1H. The molecule has 0 spiro atoms. The summed E-state index contributed by atoms with van der Waals surface area (Å²) in [6, 6.07) is 0. The number of piperidine rings is 1. The van der Waals surface area contributed by atoms with Gasteiger partial charge in [-0.1, -0.05) is 0 Å². The molecule has 0 saturated carbocycles. The minimum atomic E-state index is 0. The molecule has 0 aliphatic carbocycles. The van der Waals surface area contributed by atoms with Gasteiger partial charge in [-0.3, -0.25) is 4.79 Å². The van der Waals surface area contributed by atoms with E-state index in [0.717, 1.165) is 45.7 Å². The summed E-state index contributed by atoms with van der Waals surface area (Å²) in [7, 11) is 0. The second-order valence-corrected chi connectivity index (χ2v) is 5.28. The summed E-state index contributed by atoms with van der Waals surface area (Å²) in [5.74, 6) is 1.45. The van der Waals surface area contributed by atoms with Crippen LogP contribution in [-0.2, 0) is 9.53 Å². The van der Waals surface area contributed by atoms with Gasteiger partial charge in [0.15, 0.2) is 0 Å².